The van der Waals surface area contributed by atoms with E-state index in [1.165, 1.54) is 4.90 Å². The van der Waals surface area contributed by atoms with E-state index in [2.05, 4.69) is 5.32 Å². The third-order valence-corrected chi connectivity index (χ3v) is 2.19. The highest BCUT2D eigenvalue weighted by Gasteiger charge is 2.20. The second kappa shape index (κ2) is 6.27. The van der Waals surface area contributed by atoms with E-state index >= 15 is 0 Å². The molecule has 0 bridgehead atoms. The predicted molar refractivity (Wildman–Crippen MR) is 59.6 cm³/mol. The molecule has 1 unspecified atom stereocenters. The van der Waals surface area contributed by atoms with E-state index in [9.17, 15) is 9.59 Å². The maximum absolute atomic E-state index is 11.8. The number of carbonyl (C=O) groups is 2. The number of urea groups is 1. The quantitative estimate of drug-likeness (QED) is 0.743. The summed E-state index contributed by atoms with van der Waals surface area (Å²) in [6.45, 7) is 6.86. The van der Waals surface area contributed by atoms with Crippen LogP contribution in [0.15, 0.2) is 0 Å². The molecule has 0 spiro atoms. The summed E-state index contributed by atoms with van der Waals surface area (Å²) in [6.07, 6.45) is 0. The maximum atomic E-state index is 11.8. The van der Waals surface area contributed by atoms with Gasteiger partial charge in [-0.3, -0.25) is 4.79 Å². The van der Waals surface area contributed by atoms with Crippen molar-refractivity contribution in [2.24, 2.45) is 0 Å². The zero-order valence-corrected chi connectivity index (χ0v) is 10.2. The molecule has 0 saturated carbocycles. The average molecular weight is 215 g/mol. The molecule has 0 aliphatic rings. The highest BCUT2D eigenvalue weighted by molar-refractivity contribution is 5.86. The molecule has 1 atom stereocenters. The van der Waals surface area contributed by atoms with Crippen LogP contribution >= 0.6 is 0 Å². The van der Waals surface area contributed by atoms with Crippen LogP contribution in [0.3, 0.4) is 0 Å². The first-order valence-corrected chi connectivity index (χ1v) is 5.20. The number of likely N-dealkylation sites (N-methyl/N-ethyl adjacent to an activating group) is 1. The van der Waals surface area contributed by atoms with Crippen LogP contribution in [0.2, 0.25) is 0 Å². The van der Waals surface area contributed by atoms with Crippen LogP contribution in [-0.4, -0.2) is 55.0 Å². The normalized spacial score (nSPS) is 11.8. The Labute approximate surface area is 91.4 Å². The number of nitrogens with zero attached hydrogens (tertiary/aromatic N) is 2. The lowest BCUT2D eigenvalue weighted by molar-refractivity contribution is -0.132. The fourth-order valence-electron chi connectivity index (χ4n) is 1.19. The first kappa shape index (κ1) is 13.7. The summed E-state index contributed by atoms with van der Waals surface area (Å²) in [7, 11) is 3.29. The molecule has 0 aromatic heterocycles. The lowest BCUT2D eigenvalue weighted by atomic mass is 10.3. The van der Waals surface area contributed by atoms with Crippen LogP contribution in [0.25, 0.3) is 0 Å². The zero-order valence-electron chi connectivity index (χ0n) is 10.2. The number of hydrogen-bond acceptors (Lipinski definition) is 2. The van der Waals surface area contributed by atoms with Crippen molar-refractivity contribution >= 4 is 11.9 Å². The number of carbonyl (C=O) groups excluding carboxylic acids is 2. The van der Waals surface area contributed by atoms with E-state index in [1.807, 2.05) is 13.8 Å². The van der Waals surface area contributed by atoms with E-state index in [0.717, 1.165) is 0 Å². The van der Waals surface area contributed by atoms with Crippen LogP contribution < -0.4 is 5.32 Å². The maximum Gasteiger partial charge on any atom is 0.317 e. The minimum atomic E-state index is -0.472. The Bertz CT molecular complexity index is 225. The summed E-state index contributed by atoms with van der Waals surface area (Å²) in [5, 5.41) is 2.62. The van der Waals surface area contributed by atoms with E-state index < -0.39 is 6.04 Å². The first-order valence-electron chi connectivity index (χ1n) is 5.20. The molecule has 0 aliphatic carbocycles. The smallest absolute Gasteiger partial charge is 0.317 e. The highest BCUT2D eigenvalue weighted by atomic mass is 16.2. The van der Waals surface area contributed by atoms with Gasteiger partial charge in [0.2, 0.25) is 5.91 Å². The standard InChI is InChI=1S/C10H21N3O2/c1-6-13(7-2)9(14)8(3)11-10(15)12(4)5/h8H,6-7H2,1-5H3,(H,11,15). The fourth-order valence-corrected chi connectivity index (χ4v) is 1.19. The summed E-state index contributed by atoms with van der Waals surface area (Å²) in [5.41, 5.74) is 0. The second-order valence-electron chi connectivity index (χ2n) is 3.58. The molecule has 5 nitrogen and oxygen atoms in total. The zero-order chi connectivity index (χ0) is 12.0. The van der Waals surface area contributed by atoms with Crippen molar-refractivity contribution in [1.29, 1.82) is 0 Å². The van der Waals surface area contributed by atoms with E-state index in [0.29, 0.717) is 13.1 Å². The number of hydrogen-bond donors (Lipinski definition) is 1. The van der Waals surface area contributed by atoms with Gasteiger partial charge in [-0.25, -0.2) is 4.79 Å². The molecule has 5 heteroatoms. The van der Waals surface area contributed by atoms with Gasteiger partial charge >= 0.3 is 6.03 Å². The highest BCUT2D eigenvalue weighted by Crippen LogP contribution is 1.95. The van der Waals surface area contributed by atoms with Gasteiger partial charge in [0, 0.05) is 27.2 Å². The summed E-state index contributed by atoms with van der Waals surface area (Å²) >= 11 is 0. The van der Waals surface area contributed by atoms with Crippen molar-refractivity contribution in [3.63, 3.8) is 0 Å². The Balaban J connectivity index is 4.26. The van der Waals surface area contributed by atoms with Crippen molar-refractivity contribution in [2.45, 2.75) is 26.8 Å². The molecular weight excluding hydrogens is 194 g/mol. The number of rotatable bonds is 4. The molecule has 0 rings (SSSR count). The third kappa shape index (κ3) is 4.18. The number of amides is 3. The minimum absolute atomic E-state index is 0.0461. The van der Waals surface area contributed by atoms with Gasteiger partial charge in [0.15, 0.2) is 0 Å². The second-order valence-corrected chi connectivity index (χ2v) is 3.58. The number of nitrogens with one attached hydrogen (secondary N) is 1. The van der Waals surface area contributed by atoms with E-state index in [-0.39, 0.29) is 11.9 Å². The Kier molecular flexibility index (Phi) is 5.74. The van der Waals surface area contributed by atoms with Gasteiger partial charge < -0.3 is 15.1 Å². The lowest BCUT2D eigenvalue weighted by Crippen LogP contribution is -2.49. The monoisotopic (exact) mass is 215 g/mol. The van der Waals surface area contributed by atoms with Gasteiger partial charge in [-0.05, 0) is 20.8 Å². The molecule has 0 heterocycles. The van der Waals surface area contributed by atoms with Crippen LogP contribution in [0.1, 0.15) is 20.8 Å². The molecule has 0 saturated heterocycles. The largest absolute Gasteiger partial charge is 0.341 e. The van der Waals surface area contributed by atoms with Crippen LogP contribution in [0, 0.1) is 0 Å². The molecule has 15 heavy (non-hydrogen) atoms. The molecule has 88 valence electrons. The van der Waals surface area contributed by atoms with Gasteiger partial charge in [0.25, 0.3) is 0 Å². The molecule has 0 aliphatic heterocycles. The Morgan fingerprint density at radius 1 is 1.20 bits per heavy atom. The Hall–Kier alpha value is -1.26. The van der Waals surface area contributed by atoms with Crippen LogP contribution in [0.5, 0.6) is 0 Å². The third-order valence-electron chi connectivity index (χ3n) is 2.19. The summed E-state index contributed by atoms with van der Waals surface area (Å²) in [4.78, 5) is 26.2. The molecular formula is C10H21N3O2. The van der Waals surface area contributed by atoms with Crippen LogP contribution in [0.4, 0.5) is 4.79 Å². The fraction of sp³-hybridized carbons (Fsp3) is 0.800. The average Bonchev–Trinajstić information content (AvgIpc) is 2.19. The van der Waals surface area contributed by atoms with E-state index in [1.54, 1.807) is 25.9 Å². The lowest BCUT2D eigenvalue weighted by Gasteiger charge is -2.24. The molecule has 0 radical (unpaired) electrons. The van der Waals surface area contributed by atoms with Gasteiger partial charge in [-0.1, -0.05) is 0 Å². The summed E-state index contributed by atoms with van der Waals surface area (Å²) in [5.74, 6) is -0.0461. The summed E-state index contributed by atoms with van der Waals surface area (Å²) < 4.78 is 0. The van der Waals surface area contributed by atoms with Gasteiger partial charge in [0.1, 0.15) is 6.04 Å². The first-order chi connectivity index (χ1) is 6.93. The van der Waals surface area contributed by atoms with Crippen molar-refractivity contribution < 1.29 is 9.59 Å². The van der Waals surface area contributed by atoms with Crippen LogP contribution in [-0.2, 0) is 4.79 Å². The van der Waals surface area contributed by atoms with Crippen molar-refractivity contribution in [3.8, 4) is 0 Å². The minimum Gasteiger partial charge on any atom is -0.341 e. The molecule has 1 N–H and O–H groups in total. The predicted octanol–water partition coefficient (Wildman–Crippen LogP) is 0.515. The molecule has 3 amide bonds. The van der Waals surface area contributed by atoms with Gasteiger partial charge in [0.05, 0.1) is 0 Å². The Morgan fingerprint density at radius 3 is 2.00 bits per heavy atom. The van der Waals surface area contributed by atoms with Crippen molar-refractivity contribution in [3.05, 3.63) is 0 Å². The van der Waals surface area contributed by atoms with Gasteiger partial charge in [-0.15, -0.1) is 0 Å². The summed E-state index contributed by atoms with van der Waals surface area (Å²) in [6, 6.07) is -0.720. The Morgan fingerprint density at radius 2 is 1.67 bits per heavy atom. The molecule has 0 fully saturated rings. The topological polar surface area (TPSA) is 52.7 Å². The van der Waals surface area contributed by atoms with E-state index in [4.69, 9.17) is 0 Å². The molecule has 0 aromatic rings. The van der Waals surface area contributed by atoms with Gasteiger partial charge in [-0.2, -0.15) is 0 Å². The molecule has 0 aromatic carbocycles. The van der Waals surface area contributed by atoms with Crippen molar-refractivity contribution in [1.82, 2.24) is 15.1 Å². The van der Waals surface area contributed by atoms with Crippen molar-refractivity contribution in [2.75, 3.05) is 27.2 Å². The SMILES string of the molecule is CCN(CC)C(=O)C(C)NC(=O)N(C)C.